The van der Waals surface area contributed by atoms with Gasteiger partial charge in [0, 0.05) is 37.2 Å². The highest BCUT2D eigenvalue weighted by atomic mass is 32.1. The van der Waals surface area contributed by atoms with Crippen molar-refractivity contribution in [2.75, 3.05) is 26.2 Å². The number of carbonyl (C=O) groups is 1. The first-order valence-corrected chi connectivity index (χ1v) is 9.36. The Morgan fingerprint density at radius 1 is 1.52 bits per heavy atom. The Kier molecular flexibility index (Phi) is 7.33. The second-order valence-electron chi connectivity index (χ2n) is 6.63. The largest absolute Gasteiger partial charge is 0.396 e. The lowest BCUT2D eigenvalue weighted by Crippen LogP contribution is -2.47. The summed E-state index contributed by atoms with van der Waals surface area (Å²) < 4.78 is 0. The number of carbonyl (C=O) groups excluding carboxylic acids is 1. The first-order valence-electron chi connectivity index (χ1n) is 8.48. The molecule has 130 valence electrons. The minimum Gasteiger partial charge on any atom is -0.396 e. The smallest absolute Gasteiger partial charge is 0.315 e. The van der Waals surface area contributed by atoms with Crippen LogP contribution in [-0.4, -0.2) is 48.3 Å². The molecule has 0 spiro atoms. The molecular formula is C17H29N3O2S. The highest BCUT2D eigenvalue weighted by Crippen LogP contribution is 2.19. The molecule has 0 radical (unpaired) electrons. The molecule has 23 heavy (non-hydrogen) atoms. The lowest BCUT2D eigenvalue weighted by atomic mass is 9.98. The maximum atomic E-state index is 11.9. The summed E-state index contributed by atoms with van der Waals surface area (Å²) in [6.45, 7) is 7.85. The van der Waals surface area contributed by atoms with Gasteiger partial charge >= 0.3 is 6.03 Å². The molecule has 1 aromatic rings. The second kappa shape index (κ2) is 9.25. The number of hydrogen-bond donors (Lipinski definition) is 3. The average molecular weight is 340 g/mol. The third-order valence-corrected chi connectivity index (χ3v) is 5.48. The number of likely N-dealkylation sites (tertiary alicyclic amines) is 1. The number of aliphatic hydroxyl groups is 1. The SMILES string of the molecule is CC(CO)C(C)NC(=O)NCC1CCCN(Cc2cccs2)C1. The molecule has 2 rings (SSSR count). The van der Waals surface area contributed by atoms with Crippen molar-refractivity contribution in [3.63, 3.8) is 0 Å². The Labute approximate surface area is 143 Å². The van der Waals surface area contributed by atoms with Crippen LogP contribution in [0.25, 0.3) is 0 Å². The van der Waals surface area contributed by atoms with E-state index in [4.69, 9.17) is 5.11 Å². The van der Waals surface area contributed by atoms with Gasteiger partial charge in [-0.1, -0.05) is 13.0 Å². The Balaban J connectivity index is 1.69. The van der Waals surface area contributed by atoms with Gasteiger partial charge in [0.2, 0.25) is 0 Å². The quantitative estimate of drug-likeness (QED) is 0.714. The van der Waals surface area contributed by atoms with Crippen LogP contribution < -0.4 is 10.6 Å². The fourth-order valence-corrected chi connectivity index (χ4v) is 3.63. The molecule has 1 aromatic heterocycles. The van der Waals surface area contributed by atoms with Gasteiger partial charge in [-0.25, -0.2) is 4.79 Å². The van der Waals surface area contributed by atoms with E-state index in [9.17, 15) is 4.79 Å². The topological polar surface area (TPSA) is 64.6 Å². The minimum atomic E-state index is -0.131. The fourth-order valence-electron chi connectivity index (χ4n) is 2.88. The van der Waals surface area contributed by atoms with Crippen LogP contribution in [-0.2, 0) is 6.54 Å². The molecule has 1 aliphatic rings. The van der Waals surface area contributed by atoms with E-state index < -0.39 is 0 Å². The third-order valence-electron chi connectivity index (χ3n) is 4.61. The van der Waals surface area contributed by atoms with Gasteiger partial charge in [0.05, 0.1) is 0 Å². The molecule has 1 aliphatic heterocycles. The summed E-state index contributed by atoms with van der Waals surface area (Å²) in [4.78, 5) is 15.8. The number of nitrogens with one attached hydrogen (secondary N) is 2. The van der Waals surface area contributed by atoms with E-state index in [2.05, 4.69) is 33.0 Å². The summed E-state index contributed by atoms with van der Waals surface area (Å²) in [5, 5.41) is 17.1. The summed E-state index contributed by atoms with van der Waals surface area (Å²) in [5.74, 6) is 0.580. The molecule has 0 saturated carbocycles. The molecule has 3 unspecified atom stereocenters. The van der Waals surface area contributed by atoms with Crippen molar-refractivity contribution in [3.8, 4) is 0 Å². The van der Waals surface area contributed by atoms with Crippen molar-refractivity contribution < 1.29 is 9.90 Å². The van der Waals surface area contributed by atoms with E-state index in [1.165, 1.54) is 17.7 Å². The lowest BCUT2D eigenvalue weighted by Gasteiger charge is -2.32. The molecule has 5 nitrogen and oxygen atoms in total. The van der Waals surface area contributed by atoms with Crippen molar-refractivity contribution in [2.45, 2.75) is 39.3 Å². The monoisotopic (exact) mass is 339 g/mol. The summed E-state index contributed by atoms with van der Waals surface area (Å²) >= 11 is 1.81. The van der Waals surface area contributed by atoms with Gasteiger partial charge in [-0.3, -0.25) is 4.90 Å². The summed E-state index contributed by atoms with van der Waals surface area (Å²) in [5.41, 5.74) is 0. The Morgan fingerprint density at radius 2 is 2.35 bits per heavy atom. The van der Waals surface area contributed by atoms with Crippen LogP contribution in [0.15, 0.2) is 17.5 Å². The zero-order valence-corrected chi connectivity index (χ0v) is 14.9. The van der Waals surface area contributed by atoms with Gasteiger partial charge in [0.15, 0.2) is 0 Å². The summed E-state index contributed by atoms with van der Waals surface area (Å²) in [6, 6.07) is 4.13. The maximum absolute atomic E-state index is 11.9. The third kappa shape index (κ3) is 6.12. The van der Waals surface area contributed by atoms with Gasteiger partial charge in [0.25, 0.3) is 0 Å². The van der Waals surface area contributed by atoms with Crippen LogP contribution in [0, 0.1) is 11.8 Å². The van der Waals surface area contributed by atoms with E-state index >= 15 is 0 Å². The van der Waals surface area contributed by atoms with Crippen LogP contribution >= 0.6 is 11.3 Å². The van der Waals surface area contributed by atoms with Gasteiger partial charge < -0.3 is 15.7 Å². The minimum absolute atomic E-state index is 0.0262. The number of thiophene rings is 1. The van der Waals surface area contributed by atoms with E-state index in [-0.39, 0.29) is 24.6 Å². The summed E-state index contributed by atoms with van der Waals surface area (Å²) in [7, 11) is 0. The normalized spacial score (nSPS) is 21.6. The highest BCUT2D eigenvalue weighted by molar-refractivity contribution is 7.09. The molecule has 2 heterocycles. The first kappa shape index (κ1) is 18.2. The molecule has 2 amide bonds. The van der Waals surface area contributed by atoms with Crippen LogP contribution in [0.1, 0.15) is 31.6 Å². The molecule has 1 saturated heterocycles. The van der Waals surface area contributed by atoms with E-state index in [1.807, 2.05) is 13.8 Å². The van der Waals surface area contributed by atoms with E-state index in [0.717, 1.165) is 19.6 Å². The van der Waals surface area contributed by atoms with Crippen LogP contribution in [0.2, 0.25) is 0 Å². The predicted molar refractivity (Wildman–Crippen MR) is 94.6 cm³/mol. The number of amides is 2. The van der Waals surface area contributed by atoms with Crippen molar-refractivity contribution in [1.29, 1.82) is 0 Å². The van der Waals surface area contributed by atoms with Crippen molar-refractivity contribution in [1.82, 2.24) is 15.5 Å². The van der Waals surface area contributed by atoms with Gasteiger partial charge in [-0.15, -0.1) is 11.3 Å². The molecule has 0 bridgehead atoms. The number of nitrogens with zero attached hydrogens (tertiary/aromatic N) is 1. The number of hydrogen-bond acceptors (Lipinski definition) is 4. The Hall–Kier alpha value is -1.11. The Bertz CT molecular complexity index is 466. The number of urea groups is 1. The van der Waals surface area contributed by atoms with Crippen molar-refractivity contribution in [3.05, 3.63) is 22.4 Å². The zero-order chi connectivity index (χ0) is 16.7. The predicted octanol–water partition coefficient (Wildman–Crippen LogP) is 2.28. The molecule has 0 aromatic carbocycles. The maximum Gasteiger partial charge on any atom is 0.315 e. The van der Waals surface area contributed by atoms with E-state index in [0.29, 0.717) is 12.5 Å². The number of piperidine rings is 1. The van der Waals surface area contributed by atoms with E-state index in [1.54, 1.807) is 11.3 Å². The van der Waals surface area contributed by atoms with Crippen molar-refractivity contribution >= 4 is 17.4 Å². The molecule has 3 atom stereocenters. The highest BCUT2D eigenvalue weighted by Gasteiger charge is 2.21. The molecule has 1 fully saturated rings. The number of rotatable bonds is 7. The molecule has 3 N–H and O–H groups in total. The molecule has 0 aliphatic carbocycles. The molecule has 6 heteroatoms. The number of aliphatic hydroxyl groups excluding tert-OH is 1. The summed E-state index contributed by atoms with van der Waals surface area (Å²) in [6.07, 6.45) is 2.36. The van der Waals surface area contributed by atoms with Crippen molar-refractivity contribution in [2.24, 2.45) is 11.8 Å². The average Bonchev–Trinajstić information content (AvgIpc) is 3.05. The second-order valence-corrected chi connectivity index (χ2v) is 7.66. The molecular weight excluding hydrogens is 310 g/mol. The fraction of sp³-hybridized carbons (Fsp3) is 0.706. The van der Waals surface area contributed by atoms with Gasteiger partial charge in [-0.05, 0) is 49.6 Å². The first-order chi connectivity index (χ1) is 11.1. The zero-order valence-electron chi connectivity index (χ0n) is 14.1. The van der Waals surface area contributed by atoms with Gasteiger partial charge in [0.1, 0.15) is 0 Å². The lowest BCUT2D eigenvalue weighted by molar-refractivity contribution is 0.165. The van der Waals surface area contributed by atoms with Crippen LogP contribution in [0.4, 0.5) is 4.79 Å². The Morgan fingerprint density at radius 3 is 3.04 bits per heavy atom. The van der Waals surface area contributed by atoms with Gasteiger partial charge in [-0.2, -0.15) is 0 Å². The van der Waals surface area contributed by atoms with Crippen LogP contribution in [0.5, 0.6) is 0 Å². The van der Waals surface area contributed by atoms with Crippen LogP contribution in [0.3, 0.4) is 0 Å². The standard InChI is InChI=1S/C17H29N3O2S/c1-13(12-21)14(2)19-17(22)18-9-15-5-3-7-20(10-15)11-16-6-4-8-23-16/h4,6,8,13-15,21H,3,5,7,9-12H2,1-2H3,(H2,18,19,22).